The molecule has 140 valence electrons. The number of amides is 1. The van der Waals surface area contributed by atoms with Gasteiger partial charge in [0.1, 0.15) is 17.3 Å². The summed E-state index contributed by atoms with van der Waals surface area (Å²) in [6.45, 7) is 1.72. The van der Waals surface area contributed by atoms with Crippen molar-refractivity contribution in [1.29, 1.82) is 0 Å². The molecule has 0 fully saturated rings. The Hall–Kier alpha value is -3.22. The van der Waals surface area contributed by atoms with Crippen LogP contribution in [0.3, 0.4) is 0 Å². The summed E-state index contributed by atoms with van der Waals surface area (Å²) in [6.07, 6.45) is -0.236. The second-order valence-corrected chi connectivity index (χ2v) is 6.18. The SMILES string of the molecule is Cc1c(NC(=O)CCc2c(F)cccc2F)c(=O)n(-c2ccccc2)n1C. The van der Waals surface area contributed by atoms with Crippen molar-refractivity contribution < 1.29 is 13.6 Å². The minimum atomic E-state index is -0.690. The first kappa shape index (κ1) is 18.6. The summed E-state index contributed by atoms with van der Waals surface area (Å²) in [4.78, 5) is 25.0. The average Bonchev–Trinajstić information content (AvgIpc) is 2.85. The van der Waals surface area contributed by atoms with Crippen molar-refractivity contribution in [3.8, 4) is 5.69 Å². The maximum atomic E-state index is 13.7. The third-order valence-electron chi connectivity index (χ3n) is 4.48. The monoisotopic (exact) mass is 371 g/mol. The lowest BCUT2D eigenvalue weighted by Crippen LogP contribution is -2.23. The smallest absolute Gasteiger partial charge is 0.295 e. The van der Waals surface area contributed by atoms with Gasteiger partial charge in [-0.05, 0) is 37.6 Å². The molecule has 1 amide bonds. The van der Waals surface area contributed by atoms with Crippen molar-refractivity contribution >= 4 is 11.6 Å². The molecule has 0 aliphatic rings. The first-order valence-electron chi connectivity index (χ1n) is 8.47. The van der Waals surface area contributed by atoms with E-state index in [0.717, 1.165) is 12.1 Å². The number of aromatic nitrogens is 2. The molecule has 27 heavy (non-hydrogen) atoms. The van der Waals surface area contributed by atoms with Crippen molar-refractivity contribution in [3.05, 3.63) is 81.8 Å². The first-order valence-corrected chi connectivity index (χ1v) is 8.47. The molecule has 0 aliphatic carbocycles. The Bertz CT molecular complexity index is 1020. The average molecular weight is 371 g/mol. The van der Waals surface area contributed by atoms with Gasteiger partial charge in [-0.2, -0.15) is 0 Å². The third-order valence-corrected chi connectivity index (χ3v) is 4.48. The number of para-hydroxylation sites is 1. The van der Waals surface area contributed by atoms with Gasteiger partial charge in [-0.25, -0.2) is 13.5 Å². The topological polar surface area (TPSA) is 56.0 Å². The molecule has 1 heterocycles. The van der Waals surface area contributed by atoms with E-state index in [-0.39, 0.29) is 29.7 Å². The van der Waals surface area contributed by atoms with Gasteiger partial charge in [-0.1, -0.05) is 24.3 Å². The number of nitrogens with one attached hydrogen (secondary N) is 1. The van der Waals surface area contributed by atoms with Crippen LogP contribution < -0.4 is 10.9 Å². The minimum Gasteiger partial charge on any atom is -0.320 e. The molecule has 1 N–H and O–H groups in total. The molecule has 2 aromatic carbocycles. The Morgan fingerprint density at radius 1 is 1.04 bits per heavy atom. The molecular weight excluding hydrogens is 352 g/mol. The molecule has 0 aliphatic heterocycles. The molecule has 0 saturated carbocycles. The van der Waals surface area contributed by atoms with Crippen LogP contribution in [-0.4, -0.2) is 15.3 Å². The van der Waals surface area contributed by atoms with Crippen LogP contribution in [-0.2, 0) is 18.3 Å². The number of anilines is 1. The van der Waals surface area contributed by atoms with E-state index in [1.165, 1.54) is 10.7 Å². The summed E-state index contributed by atoms with van der Waals surface area (Å²) in [5.41, 5.74) is 0.891. The van der Waals surface area contributed by atoms with Gasteiger partial charge in [0.05, 0.1) is 11.4 Å². The van der Waals surface area contributed by atoms with Crippen LogP contribution in [0.25, 0.3) is 5.69 Å². The number of nitrogens with zero attached hydrogens (tertiary/aromatic N) is 2. The Morgan fingerprint density at radius 3 is 2.30 bits per heavy atom. The zero-order valence-corrected chi connectivity index (χ0v) is 15.0. The molecule has 5 nitrogen and oxygen atoms in total. The molecule has 3 rings (SSSR count). The zero-order chi connectivity index (χ0) is 19.6. The van der Waals surface area contributed by atoms with Gasteiger partial charge in [0.15, 0.2) is 0 Å². The molecule has 0 atom stereocenters. The summed E-state index contributed by atoms with van der Waals surface area (Å²) in [5, 5.41) is 2.58. The lowest BCUT2D eigenvalue weighted by molar-refractivity contribution is -0.116. The second-order valence-electron chi connectivity index (χ2n) is 6.18. The summed E-state index contributed by atoms with van der Waals surface area (Å²) in [5.74, 6) is -1.86. The number of benzene rings is 2. The maximum absolute atomic E-state index is 13.7. The molecule has 0 unspecified atom stereocenters. The number of hydrogen-bond acceptors (Lipinski definition) is 2. The fourth-order valence-corrected chi connectivity index (χ4v) is 2.92. The van der Waals surface area contributed by atoms with Gasteiger partial charge >= 0.3 is 0 Å². The number of hydrogen-bond donors (Lipinski definition) is 1. The highest BCUT2D eigenvalue weighted by Crippen LogP contribution is 2.16. The van der Waals surface area contributed by atoms with Gasteiger partial charge < -0.3 is 5.32 Å². The molecule has 1 aromatic heterocycles. The Balaban J connectivity index is 1.80. The van der Waals surface area contributed by atoms with Crippen LogP contribution >= 0.6 is 0 Å². The normalized spacial score (nSPS) is 10.8. The van der Waals surface area contributed by atoms with Gasteiger partial charge in [-0.3, -0.25) is 14.3 Å². The molecular formula is C20H19F2N3O2. The lowest BCUT2D eigenvalue weighted by Gasteiger charge is -2.07. The minimum absolute atomic E-state index is 0.0941. The predicted molar refractivity (Wildman–Crippen MR) is 99.1 cm³/mol. The van der Waals surface area contributed by atoms with Crippen molar-refractivity contribution in [2.75, 3.05) is 5.32 Å². The van der Waals surface area contributed by atoms with Crippen LogP contribution in [0.5, 0.6) is 0 Å². The summed E-state index contributed by atoms with van der Waals surface area (Å²) in [6, 6.07) is 12.6. The van der Waals surface area contributed by atoms with E-state index in [9.17, 15) is 18.4 Å². The highest BCUT2D eigenvalue weighted by molar-refractivity contribution is 5.91. The van der Waals surface area contributed by atoms with Crippen molar-refractivity contribution in [1.82, 2.24) is 9.36 Å². The van der Waals surface area contributed by atoms with E-state index >= 15 is 0 Å². The van der Waals surface area contributed by atoms with E-state index < -0.39 is 17.5 Å². The van der Waals surface area contributed by atoms with Crippen LogP contribution in [0, 0.1) is 18.6 Å². The lowest BCUT2D eigenvalue weighted by atomic mass is 10.1. The van der Waals surface area contributed by atoms with E-state index in [4.69, 9.17) is 0 Å². The van der Waals surface area contributed by atoms with E-state index in [1.807, 2.05) is 18.2 Å². The zero-order valence-electron chi connectivity index (χ0n) is 15.0. The highest BCUT2D eigenvalue weighted by atomic mass is 19.1. The molecule has 0 saturated heterocycles. The third kappa shape index (κ3) is 3.67. The van der Waals surface area contributed by atoms with Crippen molar-refractivity contribution in [3.63, 3.8) is 0 Å². The number of rotatable bonds is 5. The molecule has 0 radical (unpaired) electrons. The van der Waals surface area contributed by atoms with Gasteiger partial charge in [0, 0.05) is 19.0 Å². The van der Waals surface area contributed by atoms with Crippen molar-refractivity contribution in [2.45, 2.75) is 19.8 Å². The Kier molecular flexibility index (Phi) is 5.21. The first-order chi connectivity index (χ1) is 12.9. The van der Waals surface area contributed by atoms with E-state index in [2.05, 4.69) is 5.32 Å². The maximum Gasteiger partial charge on any atom is 0.295 e. The quantitative estimate of drug-likeness (QED) is 0.748. The Labute approximate surface area is 154 Å². The molecule has 7 heteroatoms. The van der Waals surface area contributed by atoms with Crippen LogP contribution in [0.15, 0.2) is 53.3 Å². The van der Waals surface area contributed by atoms with Gasteiger partial charge in [-0.15, -0.1) is 0 Å². The summed E-state index contributed by atoms with van der Waals surface area (Å²) < 4.78 is 30.4. The predicted octanol–water partition coefficient (Wildman–Crippen LogP) is 3.33. The highest BCUT2D eigenvalue weighted by Gasteiger charge is 2.18. The molecule has 0 spiro atoms. The summed E-state index contributed by atoms with van der Waals surface area (Å²) >= 11 is 0. The molecule has 3 aromatic rings. The summed E-state index contributed by atoms with van der Waals surface area (Å²) in [7, 11) is 1.72. The van der Waals surface area contributed by atoms with Crippen LogP contribution in [0.2, 0.25) is 0 Å². The Morgan fingerprint density at radius 2 is 1.67 bits per heavy atom. The number of carbonyl (C=O) groups is 1. The standard InChI is InChI=1S/C20H19F2N3O2/c1-13-19(20(27)25(24(13)2)14-7-4-3-5-8-14)23-18(26)12-11-15-16(21)9-6-10-17(15)22/h3-10H,11-12H2,1-2H3,(H,23,26). The second kappa shape index (κ2) is 7.57. The van der Waals surface area contributed by atoms with Gasteiger partial charge in [0.2, 0.25) is 5.91 Å². The largest absolute Gasteiger partial charge is 0.320 e. The van der Waals surface area contributed by atoms with Crippen molar-refractivity contribution in [2.24, 2.45) is 7.05 Å². The number of halogens is 2. The molecule has 0 bridgehead atoms. The fourth-order valence-electron chi connectivity index (χ4n) is 2.92. The van der Waals surface area contributed by atoms with E-state index in [1.54, 1.807) is 30.8 Å². The van der Waals surface area contributed by atoms with Crippen LogP contribution in [0.1, 0.15) is 17.7 Å². The van der Waals surface area contributed by atoms with Gasteiger partial charge in [0.25, 0.3) is 5.56 Å². The van der Waals surface area contributed by atoms with Crippen LogP contribution in [0.4, 0.5) is 14.5 Å². The van der Waals surface area contributed by atoms with E-state index in [0.29, 0.717) is 11.4 Å². The number of carbonyl (C=O) groups excluding carboxylic acids is 1. The fraction of sp³-hybridized carbons (Fsp3) is 0.200.